The highest BCUT2D eigenvalue weighted by atomic mass is 16.3. The second-order valence-electron chi connectivity index (χ2n) is 3.36. The van der Waals surface area contributed by atoms with Gasteiger partial charge in [0, 0.05) is 23.3 Å². The Morgan fingerprint density at radius 2 is 2.13 bits per heavy atom. The van der Waals surface area contributed by atoms with Crippen molar-refractivity contribution in [3.8, 4) is 11.1 Å². The molecule has 0 atom stereocenters. The molecule has 3 aromatic rings. The Balaban J connectivity index is 2.19. The van der Waals surface area contributed by atoms with Crippen molar-refractivity contribution in [1.29, 1.82) is 0 Å². The summed E-state index contributed by atoms with van der Waals surface area (Å²) in [5.74, 6) is 0. The molecular formula is C13H8NO. The van der Waals surface area contributed by atoms with E-state index < -0.39 is 0 Å². The van der Waals surface area contributed by atoms with Crippen molar-refractivity contribution in [2.24, 2.45) is 0 Å². The predicted octanol–water partition coefficient (Wildman–Crippen LogP) is 3.29. The maximum absolute atomic E-state index is 5.23. The van der Waals surface area contributed by atoms with Crippen LogP contribution in [0.5, 0.6) is 0 Å². The fourth-order valence-electron chi connectivity index (χ4n) is 1.61. The molecule has 0 fully saturated rings. The van der Waals surface area contributed by atoms with Gasteiger partial charge in [0.25, 0.3) is 0 Å². The lowest BCUT2D eigenvalue weighted by Gasteiger charge is -1.99. The number of aromatic nitrogens is 1. The minimum absolute atomic E-state index is 0.858. The molecule has 0 N–H and O–H groups in total. The number of hydrogen-bond donors (Lipinski definition) is 0. The zero-order valence-electron chi connectivity index (χ0n) is 7.97. The molecule has 0 amide bonds. The fraction of sp³-hybridized carbons (Fsp3) is 0. The standard InChI is InChI=1S/C13H8NO/c1-2-12(9-14-6-1)11-4-3-10-5-7-15-13(10)8-11/h1-6,8-9H. The van der Waals surface area contributed by atoms with Gasteiger partial charge in [0.1, 0.15) is 5.58 Å². The fourth-order valence-corrected chi connectivity index (χ4v) is 1.61. The van der Waals surface area contributed by atoms with E-state index in [1.165, 1.54) is 0 Å². The van der Waals surface area contributed by atoms with Gasteiger partial charge in [-0.3, -0.25) is 4.98 Å². The number of benzene rings is 1. The van der Waals surface area contributed by atoms with E-state index in [1.54, 1.807) is 6.20 Å². The highest BCUT2D eigenvalue weighted by Crippen LogP contribution is 2.23. The lowest BCUT2D eigenvalue weighted by molar-refractivity contribution is 0.606. The Bertz CT molecular complexity index is 584. The molecule has 0 unspecified atom stereocenters. The lowest BCUT2D eigenvalue weighted by Crippen LogP contribution is -1.78. The van der Waals surface area contributed by atoms with Crippen molar-refractivity contribution in [2.75, 3.05) is 0 Å². The van der Waals surface area contributed by atoms with Crippen LogP contribution in [0.15, 0.2) is 53.2 Å². The van der Waals surface area contributed by atoms with E-state index in [-0.39, 0.29) is 0 Å². The number of pyridine rings is 1. The zero-order chi connectivity index (χ0) is 10.1. The smallest absolute Gasteiger partial charge is 0.170 e. The monoisotopic (exact) mass is 194 g/mol. The van der Waals surface area contributed by atoms with Crippen molar-refractivity contribution < 1.29 is 4.42 Å². The second kappa shape index (κ2) is 3.24. The average Bonchev–Trinajstić information content (AvgIpc) is 2.77. The minimum atomic E-state index is 0.858. The SMILES string of the molecule is [c]1cc2ccc(-c3cccnc3)cc2o1. The van der Waals surface area contributed by atoms with E-state index in [2.05, 4.69) is 17.3 Å². The molecule has 2 aromatic heterocycles. The molecule has 0 bridgehead atoms. The number of hydrogen-bond acceptors (Lipinski definition) is 2. The van der Waals surface area contributed by atoms with E-state index in [0.717, 1.165) is 22.1 Å². The highest BCUT2D eigenvalue weighted by molar-refractivity contribution is 5.82. The molecule has 2 heterocycles. The van der Waals surface area contributed by atoms with Gasteiger partial charge < -0.3 is 4.42 Å². The first kappa shape index (κ1) is 8.24. The maximum Gasteiger partial charge on any atom is 0.170 e. The summed E-state index contributed by atoms with van der Waals surface area (Å²) in [6, 6.07) is 11.9. The summed E-state index contributed by atoms with van der Waals surface area (Å²) < 4.78 is 5.23. The van der Waals surface area contributed by atoms with E-state index in [0.29, 0.717) is 0 Å². The highest BCUT2D eigenvalue weighted by Gasteiger charge is 2.01. The largest absolute Gasteiger partial charge is 0.453 e. The van der Waals surface area contributed by atoms with Gasteiger partial charge in [0.2, 0.25) is 0 Å². The van der Waals surface area contributed by atoms with Crippen LogP contribution < -0.4 is 0 Å². The third-order valence-corrected chi connectivity index (χ3v) is 2.39. The van der Waals surface area contributed by atoms with Crippen LogP contribution in [0.25, 0.3) is 22.1 Å². The summed E-state index contributed by atoms with van der Waals surface area (Å²) in [4.78, 5) is 4.09. The first-order valence-corrected chi connectivity index (χ1v) is 4.73. The summed E-state index contributed by atoms with van der Waals surface area (Å²) in [5.41, 5.74) is 3.06. The Morgan fingerprint density at radius 3 is 3.00 bits per heavy atom. The Labute approximate surface area is 87.2 Å². The third kappa shape index (κ3) is 1.40. The Hall–Kier alpha value is -2.09. The molecule has 0 spiro atoms. The predicted molar refractivity (Wildman–Crippen MR) is 58.3 cm³/mol. The third-order valence-electron chi connectivity index (χ3n) is 2.39. The summed E-state index contributed by atoms with van der Waals surface area (Å²) in [7, 11) is 0. The molecule has 0 aliphatic carbocycles. The van der Waals surface area contributed by atoms with Crippen LogP contribution in [0.4, 0.5) is 0 Å². The summed E-state index contributed by atoms with van der Waals surface area (Å²) in [6.07, 6.45) is 6.33. The molecule has 0 saturated heterocycles. The van der Waals surface area contributed by atoms with Crippen LogP contribution in [-0.4, -0.2) is 4.98 Å². The first-order chi connectivity index (χ1) is 7.43. The van der Waals surface area contributed by atoms with Gasteiger partial charge in [-0.1, -0.05) is 18.2 Å². The van der Waals surface area contributed by atoms with Gasteiger partial charge in [-0.25, -0.2) is 0 Å². The summed E-state index contributed by atoms with van der Waals surface area (Å²) >= 11 is 0. The first-order valence-electron chi connectivity index (χ1n) is 4.73. The van der Waals surface area contributed by atoms with Crippen molar-refractivity contribution in [1.82, 2.24) is 4.98 Å². The van der Waals surface area contributed by atoms with Crippen LogP contribution in [0.2, 0.25) is 0 Å². The maximum atomic E-state index is 5.23. The molecule has 1 aromatic carbocycles. The van der Waals surface area contributed by atoms with Gasteiger partial charge in [0.15, 0.2) is 6.26 Å². The molecule has 0 saturated carbocycles. The van der Waals surface area contributed by atoms with Crippen LogP contribution in [0.3, 0.4) is 0 Å². The molecule has 2 nitrogen and oxygen atoms in total. The van der Waals surface area contributed by atoms with Crippen LogP contribution in [0.1, 0.15) is 0 Å². The normalized spacial score (nSPS) is 10.7. The van der Waals surface area contributed by atoms with Crippen molar-refractivity contribution >= 4 is 11.0 Å². The zero-order valence-corrected chi connectivity index (χ0v) is 7.97. The molecule has 71 valence electrons. The number of rotatable bonds is 1. The van der Waals surface area contributed by atoms with Gasteiger partial charge in [0.05, 0.1) is 0 Å². The number of furan rings is 1. The van der Waals surface area contributed by atoms with Crippen LogP contribution in [0, 0.1) is 6.26 Å². The molecule has 0 aliphatic heterocycles. The number of fused-ring (bicyclic) bond motifs is 1. The van der Waals surface area contributed by atoms with E-state index in [9.17, 15) is 0 Å². The van der Waals surface area contributed by atoms with Crippen molar-refractivity contribution in [3.63, 3.8) is 0 Å². The molecule has 15 heavy (non-hydrogen) atoms. The van der Waals surface area contributed by atoms with Gasteiger partial charge in [-0.15, -0.1) is 0 Å². The van der Waals surface area contributed by atoms with Crippen molar-refractivity contribution in [2.45, 2.75) is 0 Å². The molecule has 2 heteroatoms. The topological polar surface area (TPSA) is 26.0 Å². The quantitative estimate of drug-likeness (QED) is 0.594. The van der Waals surface area contributed by atoms with Crippen LogP contribution >= 0.6 is 0 Å². The Kier molecular flexibility index (Phi) is 1.78. The van der Waals surface area contributed by atoms with Gasteiger partial charge >= 0.3 is 0 Å². The lowest BCUT2D eigenvalue weighted by atomic mass is 10.1. The minimum Gasteiger partial charge on any atom is -0.453 e. The van der Waals surface area contributed by atoms with Crippen molar-refractivity contribution in [3.05, 3.63) is 55.1 Å². The van der Waals surface area contributed by atoms with E-state index >= 15 is 0 Å². The van der Waals surface area contributed by atoms with Gasteiger partial charge in [-0.05, 0) is 23.8 Å². The Morgan fingerprint density at radius 1 is 1.13 bits per heavy atom. The molecular weight excluding hydrogens is 186 g/mol. The van der Waals surface area contributed by atoms with Gasteiger partial charge in [-0.2, -0.15) is 0 Å². The summed E-state index contributed by atoms with van der Waals surface area (Å²) in [6.45, 7) is 0. The number of nitrogens with zero attached hydrogens (tertiary/aromatic N) is 1. The molecule has 3 rings (SSSR count). The molecule has 1 radical (unpaired) electrons. The van der Waals surface area contributed by atoms with E-state index in [4.69, 9.17) is 4.42 Å². The van der Waals surface area contributed by atoms with Crippen LogP contribution in [-0.2, 0) is 0 Å². The van der Waals surface area contributed by atoms with E-state index in [1.807, 2.05) is 36.5 Å². The molecule has 0 aliphatic rings. The summed E-state index contributed by atoms with van der Waals surface area (Å²) in [5, 5.41) is 1.07. The second-order valence-corrected chi connectivity index (χ2v) is 3.36. The average molecular weight is 194 g/mol.